The molecule has 0 atom stereocenters. The van der Waals surface area contributed by atoms with Gasteiger partial charge in [-0.1, -0.05) is 26.2 Å². The zero-order chi connectivity index (χ0) is 18.5. The molecule has 0 aliphatic carbocycles. The Morgan fingerprint density at radius 2 is 1.33 bits per heavy atom. The maximum Gasteiger partial charge on any atom is 0.160 e. The predicted molar refractivity (Wildman–Crippen MR) is 121 cm³/mol. The van der Waals surface area contributed by atoms with E-state index in [0.29, 0.717) is 0 Å². The molecule has 0 radical (unpaired) electrons. The van der Waals surface area contributed by atoms with Gasteiger partial charge >= 0.3 is 0 Å². The second-order valence-corrected chi connectivity index (χ2v) is 11.0. The number of unbranched alkanes of at least 4 members (excludes halogenated alkanes) is 3. The van der Waals surface area contributed by atoms with E-state index >= 15 is 0 Å². The van der Waals surface area contributed by atoms with Crippen LogP contribution in [0.3, 0.4) is 0 Å². The van der Waals surface area contributed by atoms with E-state index in [0.717, 1.165) is 35.3 Å². The van der Waals surface area contributed by atoms with Crippen molar-refractivity contribution in [3.05, 3.63) is 21.9 Å². The number of aromatic nitrogens is 1. The van der Waals surface area contributed by atoms with E-state index in [1.54, 1.807) is 45.3 Å². The summed E-state index contributed by atoms with van der Waals surface area (Å²) in [6.07, 6.45) is 6.77. The monoisotopic (exact) mass is 431 g/mol. The molecular weight excluding hydrogens is 414 g/mol. The average molecular weight is 432 g/mol. The molecule has 0 aliphatic heterocycles. The molecule has 0 unspecified atom stereocenters. The fraction of sp³-hybridized carbons (Fsp3) is 0.300. The van der Waals surface area contributed by atoms with Crippen LogP contribution in [0, 0.1) is 0 Å². The van der Waals surface area contributed by atoms with Gasteiger partial charge in [-0.05, 0) is 18.6 Å². The number of carbonyl (C=O) groups is 2. The number of aldehydes is 2. The van der Waals surface area contributed by atoms with Crippen LogP contribution in [0.25, 0.3) is 39.2 Å². The van der Waals surface area contributed by atoms with Crippen molar-refractivity contribution < 1.29 is 9.59 Å². The van der Waals surface area contributed by atoms with Gasteiger partial charge in [0.2, 0.25) is 0 Å². The van der Waals surface area contributed by atoms with E-state index < -0.39 is 0 Å². The Hall–Kier alpha value is -1.54. The van der Waals surface area contributed by atoms with E-state index in [1.807, 2.05) is 12.1 Å². The zero-order valence-corrected chi connectivity index (χ0v) is 18.0. The van der Waals surface area contributed by atoms with Gasteiger partial charge in [-0.3, -0.25) is 9.59 Å². The number of aryl methyl sites for hydroxylation is 1. The Morgan fingerprint density at radius 3 is 1.81 bits per heavy atom. The molecule has 0 N–H and O–H groups in total. The molecule has 5 aromatic heterocycles. The third kappa shape index (κ3) is 2.63. The zero-order valence-electron chi connectivity index (χ0n) is 14.7. The smallest absolute Gasteiger partial charge is 0.160 e. The van der Waals surface area contributed by atoms with Gasteiger partial charge in [0.15, 0.2) is 12.6 Å². The average Bonchev–Trinajstić information content (AvgIpc) is 3.42. The minimum Gasteiger partial charge on any atom is -0.337 e. The van der Waals surface area contributed by atoms with Gasteiger partial charge in [0.1, 0.15) is 0 Å². The van der Waals surface area contributed by atoms with Crippen LogP contribution in [0.2, 0.25) is 0 Å². The van der Waals surface area contributed by atoms with E-state index in [4.69, 9.17) is 0 Å². The van der Waals surface area contributed by atoms with Gasteiger partial charge < -0.3 is 4.57 Å². The van der Waals surface area contributed by atoms with Crippen LogP contribution in [0.1, 0.15) is 52.0 Å². The molecule has 0 saturated heterocycles. The second-order valence-electron chi connectivity index (χ2n) is 6.69. The summed E-state index contributed by atoms with van der Waals surface area (Å²) in [7, 11) is 0. The molecular formula is C20H17NO2S4. The van der Waals surface area contributed by atoms with Gasteiger partial charge in [0.25, 0.3) is 0 Å². The van der Waals surface area contributed by atoms with Crippen LogP contribution in [0.15, 0.2) is 12.1 Å². The summed E-state index contributed by atoms with van der Waals surface area (Å²) in [5.74, 6) is 0. The van der Waals surface area contributed by atoms with Crippen molar-refractivity contribution in [2.24, 2.45) is 0 Å². The summed E-state index contributed by atoms with van der Waals surface area (Å²) < 4.78 is 10.0. The number of hydrogen-bond donors (Lipinski definition) is 0. The molecule has 0 aromatic carbocycles. The summed E-state index contributed by atoms with van der Waals surface area (Å²) in [6.45, 7) is 3.22. The highest BCUT2D eigenvalue weighted by molar-refractivity contribution is 7.39. The molecule has 0 spiro atoms. The molecule has 0 bridgehead atoms. The van der Waals surface area contributed by atoms with Crippen molar-refractivity contribution in [3.8, 4) is 0 Å². The van der Waals surface area contributed by atoms with Crippen molar-refractivity contribution in [3.63, 3.8) is 0 Å². The molecule has 0 fully saturated rings. The highest BCUT2D eigenvalue weighted by Gasteiger charge is 2.23. The normalized spacial score (nSPS) is 12.2. The first-order valence-corrected chi connectivity index (χ1v) is 12.3. The maximum absolute atomic E-state index is 11.3. The van der Waals surface area contributed by atoms with Gasteiger partial charge in [-0.15, -0.1) is 45.3 Å². The first-order chi connectivity index (χ1) is 13.2. The number of carbonyl (C=O) groups excluding carboxylic acids is 2. The van der Waals surface area contributed by atoms with E-state index in [1.165, 1.54) is 58.5 Å². The third-order valence-electron chi connectivity index (χ3n) is 4.93. The molecule has 5 heterocycles. The number of nitrogens with zero attached hydrogens (tertiary/aromatic N) is 1. The minimum absolute atomic E-state index is 0.796. The van der Waals surface area contributed by atoms with Crippen LogP contribution in [-0.2, 0) is 6.54 Å². The first kappa shape index (κ1) is 17.6. The number of thiophene rings is 4. The molecule has 5 aromatic rings. The molecule has 3 nitrogen and oxygen atoms in total. The van der Waals surface area contributed by atoms with Crippen molar-refractivity contribution >= 4 is 97.2 Å². The Morgan fingerprint density at radius 1 is 0.778 bits per heavy atom. The molecule has 0 amide bonds. The lowest BCUT2D eigenvalue weighted by atomic mass is 10.2. The SMILES string of the molecule is CCCCCCn1c2c3sc(C=O)cc3sc2c2sc3cc(C=O)sc3c21. The van der Waals surface area contributed by atoms with Gasteiger partial charge in [0, 0.05) is 15.9 Å². The Kier molecular flexibility index (Phi) is 4.43. The summed E-state index contributed by atoms with van der Waals surface area (Å²) in [4.78, 5) is 24.1. The van der Waals surface area contributed by atoms with Gasteiger partial charge in [-0.25, -0.2) is 0 Å². The van der Waals surface area contributed by atoms with Crippen LogP contribution < -0.4 is 0 Å². The number of hydrogen-bond acceptors (Lipinski definition) is 6. The molecule has 0 aliphatic rings. The lowest BCUT2D eigenvalue weighted by molar-refractivity contribution is 0.111. The summed E-state index contributed by atoms with van der Waals surface area (Å²) in [6, 6.07) is 4.04. The van der Waals surface area contributed by atoms with Crippen molar-refractivity contribution in [1.29, 1.82) is 0 Å². The number of rotatable bonds is 7. The largest absolute Gasteiger partial charge is 0.337 e. The molecule has 138 valence electrons. The molecule has 27 heavy (non-hydrogen) atoms. The first-order valence-electron chi connectivity index (χ1n) is 9.06. The second kappa shape index (κ2) is 6.81. The van der Waals surface area contributed by atoms with E-state index in [-0.39, 0.29) is 0 Å². The minimum atomic E-state index is 0.796. The van der Waals surface area contributed by atoms with Gasteiger partial charge in [-0.2, -0.15) is 0 Å². The highest BCUT2D eigenvalue weighted by Crippen LogP contribution is 2.50. The summed E-state index contributed by atoms with van der Waals surface area (Å²) in [5.41, 5.74) is 2.57. The highest BCUT2D eigenvalue weighted by atomic mass is 32.1. The number of fused-ring (bicyclic) bond motifs is 7. The van der Waals surface area contributed by atoms with E-state index in [2.05, 4.69) is 11.5 Å². The van der Waals surface area contributed by atoms with Crippen molar-refractivity contribution in [2.45, 2.75) is 39.2 Å². The third-order valence-corrected chi connectivity index (χ3v) is 9.74. The predicted octanol–water partition coefficient (Wildman–Crippen LogP) is 7.55. The molecule has 0 saturated carbocycles. The Bertz CT molecular complexity index is 1220. The Labute approximate surface area is 171 Å². The van der Waals surface area contributed by atoms with Crippen molar-refractivity contribution in [1.82, 2.24) is 4.57 Å². The van der Waals surface area contributed by atoms with Crippen LogP contribution in [0.5, 0.6) is 0 Å². The maximum atomic E-state index is 11.3. The van der Waals surface area contributed by atoms with E-state index in [9.17, 15) is 9.59 Å². The van der Waals surface area contributed by atoms with Crippen LogP contribution in [-0.4, -0.2) is 17.1 Å². The topological polar surface area (TPSA) is 39.1 Å². The van der Waals surface area contributed by atoms with Gasteiger partial charge in [0.05, 0.1) is 39.6 Å². The molecule has 7 heteroatoms. The standard InChI is InChI=1S/C20H17NO2S4/c1-2-3-4-5-6-21-15-17-13(7-11(9-22)24-17)26-19(15)20-16(21)18-14(27-20)8-12(10-23)25-18/h7-10H,2-6H2,1H3. The molecule has 5 rings (SSSR count). The summed E-state index contributed by atoms with van der Waals surface area (Å²) >= 11 is 6.79. The lowest BCUT2D eigenvalue weighted by Crippen LogP contribution is -1.96. The fourth-order valence-corrected chi connectivity index (χ4v) is 8.81. The van der Waals surface area contributed by atoms with Crippen molar-refractivity contribution in [2.75, 3.05) is 0 Å². The fourth-order valence-electron chi connectivity index (χ4n) is 3.74. The lowest BCUT2D eigenvalue weighted by Gasteiger charge is -2.06. The quantitative estimate of drug-likeness (QED) is 0.197. The van der Waals surface area contributed by atoms with Crippen LogP contribution >= 0.6 is 45.3 Å². The summed E-state index contributed by atoms with van der Waals surface area (Å²) in [5, 5.41) is 0. The Balaban J connectivity index is 1.79. The van der Waals surface area contributed by atoms with Crippen LogP contribution in [0.4, 0.5) is 0 Å².